The van der Waals surface area contributed by atoms with Gasteiger partial charge in [-0.3, -0.25) is 4.79 Å². The lowest BCUT2D eigenvalue weighted by Crippen LogP contribution is -2.22. The first-order valence-electron chi connectivity index (χ1n) is 3.65. The van der Waals surface area contributed by atoms with Crippen molar-refractivity contribution in [3.8, 4) is 0 Å². The van der Waals surface area contributed by atoms with Crippen LogP contribution < -0.4 is 11.5 Å². The summed E-state index contributed by atoms with van der Waals surface area (Å²) in [6.07, 6.45) is 1.42. The van der Waals surface area contributed by atoms with Crippen molar-refractivity contribution in [2.24, 2.45) is 16.5 Å². The molecule has 1 aromatic heterocycles. The van der Waals surface area contributed by atoms with Crippen LogP contribution in [0.3, 0.4) is 0 Å². The highest BCUT2D eigenvalue weighted by Gasteiger charge is 2.06. The summed E-state index contributed by atoms with van der Waals surface area (Å²) < 4.78 is 0. The summed E-state index contributed by atoms with van der Waals surface area (Å²) in [5.74, 6) is -0.218. The predicted molar refractivity (Wildman–Crippen MR) is 55.6 cm³/mol. The average molecular weight is 258 g/mol. The summed E-state index contributed by atoms with van der Waals surface area (Å²) in [5.41, 5.74) is 10.5. The zero-order chi connectivity index (χ0) is 10.6. The minimum Gasteiger partial charge on any atom is -0.370 e. The monoisotopic (exact) mass is 257 g/mol. The number of alkyl halides is 1. The van der Waals surface area contributed by atoms with Gasteiger partial charge in [0.15, 0.2) is 11.7 Å². The fraction of sp³-hybridized carbons (Fsp3) is 0.143. The number of aromatic nitrogens is 2. The maximum atomic E-state index is 11.2. The molecule has 0 amide bonds. The van der Waals surface area contributed by atoms with Gasteiger partial charge in [0.1, 0.15) is 5.69 Å². The summed E-state index contributed by atoms with van der Waals surface area (Å²) in [6, 6.07) is 1.50. The lowest BCUT2D eigenvalue weighted by Gasteiger charge is -1.97. The number of nitrogens with two attached hydrogens (primary N) is 2. The molecule has 6 nitrogen and oxygen atoms in total. The van der Waals surface area contributed by atoms with Gasteiger partial charge in [-0.05, 0) is 6.07 Å². The molecule has 0 aliphatic carbocycles. The Morgan fingerprint density at radius 2 is 2.29 bits per heavy atom. The van der Waals surface area contributed by atoms with E-state index in [1.165, 1.54) is 12.3 Å². The van der Waals surface area contributed by atoms with E-state index in [0.717, 1.165) is 0 Å². The van der Waals surface area contributed by atoms with Crippen LogP contribution >= 0.6 is 15.9 Å². The molecule has 0 aliphatic rings. The molecule has 0 aromatic carbocycles. The van der Waals surface area contributed by atoms with Crippen LogP contribution in [0.15, 0.2) is 17.3 Å². The first kappa shape index (κ1) is 10.6. The number of carbonyl (C=O) groups is 1. The second-order valence-corrected chi connectivity index (χ2v) is 2.90. The van der Waals surface area contributed by atoms with Gasteiger partial charge in [-0.15, -0.1) is 0 Å². The van der Waals surface area contributed by atoms with Gasteiger partial charge in [0.05, 0.1) is 5.33 Å². The van der Waals surface area contributed by atoms with Crippen LogP contribution in [0.25, 0.3) is 0 Å². The third-order valence-electron chi connectivity index (χ3n) is 1.28. The molecule has 0 fully saturated rings. The Labute approximate surface area is 88.6 Å². The molecular weight excluding hydrogens is 250 g/mol. The SMILES string of the molecule is NC(N)=Nc1nccc(C(=O)CBr)n1. The second-order valence-electron chi connectivity index (χ2n) is 2.34. The van der Waals surface area contributed by atoms with Gasteiger partial charge in [-0.1, -0.05) is 15.9 Å². The van der Waals surface area contributed by atoms with Crippen LogP contribution in [0.4, 0.5) is 5.95 Å². The van der Waals surface area contributed by atoms with E-state index >= 15 is 0 Å². The van der Waals surface area contributed by atoms with Crippen LogP contribution in [0.2, 0.25) is 0 Å². The van der Waals surface area contributed by atoms with E-state index in [0.29, 0.717) is 0 Å². The lowest BCUT2D eigenvalue weighted by atomic mass is 10.3. The van der Waals surface area contributed by atoms with E-state index in [9.17, 15) is 4.79 Å². The van der Waals surface area contributed by atoms with Gasteiger partial charge >= 0.3 is 0 Å². The Kier molecular flexibility index (Phi) is 3.52. The van der Waals surface area contributed by atoms with Crippen molar-refractivity contribution in [3.63, 3.8) is 0 Å². The Hall–Kier alpha value is -1.50. The molecule has 4 N–H and O–H groups in total. The summed E-state index contributed by atoms with van der Waals surface area (Å²) in [7, 11) is 0. The number of aliphatic imine (C=N–C) groups is 1. The van der Waals surface area contributed by atoms with E-state index in [1.807, 2.05) is 0 Å². The molecule has 0 saturated heterocycles. The van der Waals surface area contributed by atoms with Crippen molar-refractivity contribution in [2.75, 3.05) is 5.33 Å². The normalized spacial score (nSPS) is 9.50. The summed E-state index contributed by atoms with van der Waals surface area (Å²) in [5, 5.41) is 0.200. The Bertz CT molecular complexity index is 374. The predicted octanol–water partition coefficient (Wildman–Crippen LogP) is -0.0409. The number of ketones is 1. The number of carbonyl (C=O) groups excluding carboxylic acids is 1. The lowest BCUT2D eigenvalue weighted by molar-refractivity contribution is 0.101. The second kappa shape index (κ2) is 4.66. The highest BCUT2D eigenvalue weighted by atomic mass is 79.9. The summed E-state index contributed by atoms with van der Waals surface area (Å²) in [4.78, 5) is 22.4. The van der Waals surface area contributed by atoms with Crippen molar-refractivity contribution in [1.29, 1.82) is 0 Å². The van der Waals surface area contributed by atoms with Gasteiger partial charge in [0.2, 0.25) is 0 Å². The molecule has 0 saturated carbocycles. The fourth-order valence-corrected chi connectivity index (χ4v) is 1.03. The van der Waals surface area contributed by atoms with Crippen LogP contribution in [-0.2, 0) is 0 Å². The van der Waals surface area contributed by atoms with Crippen molar-refractivity contribution < 1.29 is 4.79 Å². The number of Topliss-reactive ketones (excluding diaryl/α,β-unsaturated/α-hetero) is 1. The minimum absolute atomic E-state index is 0.0804. The quantitative estimate of drug-likeness (QED) is 0.342. The van der Waals surface area contributed by atoms with Crippen molar-refractivity contribution in [2.45, 2.75) is 0 Å². The van der Waals surface area contributed by atoms with Crippen LogP contribution in [-0.4, -0.2) is 27.0 Å². The number of halogens is 1. The maximum Gasteiger partial charge on any atom is 0.253 e. The smallest absolute Gasteiger partial charge is 0.253 e. The molecule has 0 unspecified atom stereocenters. The summed E-state index contributed by atoms with van der Waals surface area (Å²) >= 11 is 3.03. The summed E-state index contributed by atoms with van der Waals surface area (Å²) in [6.45, 7) is 0. The van der Waals surface area contributed by atoms with Crippen LogP contribution in [0.1, 0.15) is 10.5 Å². The van der Waals surface area contributed by atoms with Gasteiger partial charge in [-0.25, -0.2) is 9.97 Å². The van der Waals surface area contributed by atoms with E-state index < -0.39 is 0 Å². The van der Waals surface area contributed by atoms with Gasteiger partial charge < -0.3 is 11.5 Å². The molecule has 0 bridgehead atoms. The van der Waals surface area contributed by atoms with Gasteiger partial charge in [-0.2, -0.15) is 4.99 Å². The first-order valence-corrected chi connectivity index (χ1v) is 4.77. The highest BCUT2D eigenvalue weighted by Crippen LogP contribution is 2.05. The Morgan fingerprint density at radius 1 is 1.57 bits per heavy atom. The first-order chi connectivity index (χ1) is 6.63. The molecule has 1 heterocycles. The molecule has 1 rings (SSSR count). The van der Waals surface area contributed by atoms with E-state index in [-0.39, 0.29) is 28.7 Å². The number of nitrogens with zero attached hydrogens (tertiary/aromatic N) is 3. The Morgan fingerprint density at radius 3 is 2.86 bits per heavy atom. The molecule has 0 radical (unpaired) electrons. The van der Waals surface area contributed by atoms with Gasteiger partial charge in [0.25, 0.3) is 5.95 Å². The molecular formula is C7H8BrN5O. The fourth-order valence-electron chi connectivity index (χ4n) is 0.741. The van der Waals surface area contributed by atoms with Crippen molar-refractivity contribution >= 4 is 33.6 Å². The minimum atomic E-state index is -0.153. The zero-order valence-electron chi connectivity index (χ0n) is 7.14. The number of rotatable bonds is 3. The molecule has 74 valence electrons. The molecule has 14 heavy (non-hydrogen) atoms. The van der Waals surface area contributed by atoms with Crippen molar-refractivity contribution in [3.05, 3.63) is 18.0 Å². The largest absolute Gasteiger partial charge is 0.370 e. The van der Waals surface area contributed by atoms with Crippen molar-refractivity contribution in [1.82, 2.24) is 9.97 Å². The van der Waals surface area contributed by atoms with E-state index in [1.54, 1.807) is 0 Å². The highest BCUT2D eigenvalue weighted by molar-refractivity contribution is 9.09. The Balaban J connectivity index is 3.01. The molecule has 0 spiro atoms. The number of guanidine groups is 1. The van der Waals surface area contributed by atoms with E-state index in [4.69, 9.17) is 11.5 Å². The topological polar surface area (TPSA) is 107 Å². The molecule has 0 atom stereocenters. The van der Waals surface area contributed by atoms with Gasteiger partial charge in [0, 0.05) is 6.20 Å². The molecule has 1 aromatic rings. The van der Waals surface area contributed by atoms with Crippen LogP contribution in [0, 0.1) is 0 Å². The van der Waals surface area contributed by atoms with E-state index in [2.05, 4.69) is 30.9 Å². The maximum absolute atomic E-state index is 11.2. The van der Waals surface area contributed by atoms with Crippen LogP contribution in [0.5, 0.6) is 0 Å². The third-order valence-corrected chi connectivity index (χ3v) is 1.79. The number of hydrogen-bond donors (Lipinski definition) is 2. The average Bonchev–Trinajstić information content (AvgIpc) is 2.16. The number of hydrogen-bond acceptors (Lipinski definition) is 4. The standard InChI is InChI=1S/C7H8BrN5O/c8-3-5(14)4-1-2-11-7(12-4)13-6(9)10/h1-2H,3H2,(H4,9,10,11,12,13). The molecule has 7 heteroatoms. The zero-order valence-corrected chi connectivity index (χ0v) is 8.73. The third kappa shape index (κ3) is 2.77. The molecule has 0 aliphatic heterocycles.